The summed E-state index contributed by atoms with van der Waals surface area (Å²) in [6.45, 7) is 11.6. The molecule has 0 aromatic heterocycles. The Morgan fingerprint density at radius 2 is 1.56 bits per heavy atom. The van der Waals surface area contributed by atoms with Gasteiger partial charge in [0.05, 0.1) is 0 Å². The summed E-state index contributed by atoms with van der Waals surface area (Å²) in [5.74, 6) is 0. The van der Waals surface area contributed by atoms with Crippen molar-refractivity contribution in [2.75, 3.05) is 6.61 Å². The normalized spacial score (nSPS) is 11.7. The van der Waals surface area contributed by atoms with Gasteiger partial charge in [-0.05, 0) is 24.6 Å². The largest absolute Gasteiger partial charge is 0.417 e. The van der Waals surface area contributed by atoms with E-state index >= 15 is 0 Å². The van der Waals surface area contributed by atoms with Crippen LogP contribution in [0, 0.1) is 0 Å². The summed E-state index contributed by atoms with van der Waals surface area (Å²) < 4.78 is 6.29. The third kappa shape index (κ3) is 6.49. The second kappa shape index (κ2) is 10.1. The average Bonchev–Trinajstić information content (AvgIpc) is 2.31. The lowest BCUT2D eigenvalue weighted by molar-refractivity contribution is 0.297. The molecule has 0 amide bonds. The molecule has 0 N–H and O–H groups in total. The maximum atomic E-state index is 6.29. The van der Waals surface area contributed by atoms with Crippen LogP contribution in [0.5, 0.6) is 0 Å². The first-order valence-corrected chi connectivity index (χ1v) is 9.52. The van der Waals surface area contributed by atoms with Gasteiger partial charge in [0.25, 0.3) is 0 Å². The van der Waals surface area contributed by atoms with Crippen molar-refractivity contribution in [3.8, 4) is 0 Å². The van der Waals surface area contributed by atoms with Crippen LogP contribution in [0.25, 0.3) is 0 Å². The molecule has 0 spiro atoms. The predicted molar refractivity (Wildman–Crippen MR) is 76.4 cm³/mol. The van der Waals surface area contributed by atoms with Crippen LogP contribution in [0.2, 0.25) is 18.1 Å². The maximum absolute atomic E-state index is 6.29. The van der Waals surface area contributed by atoms with Gasteiger partial charge in [0.15, 0.2) is 8.32 Å². The molecule has 0 aliphatic carbocycles. The smallest absolute Gasteiger partial charge is 0.196 e. The molecular formula is C14H30OSi. The molecule has 0 unspecified atom stereocenters. The Morgan fingerprint density at radius 1 is 1.00 bits per heavy atom. The van der Waals surface area contributed by atoms with Crippen molar-refractivity contribution in [1.82, 2.24) is 0 Å². The molecule has 0 bridgehead atoms. The van der Waals surface area contributed by atoms with Gasteiger partial charge in [0.1, 0.15) is 0 Å². The Hall–Kier alpha value is -0.0831. The number of rotatable bonds is 11. The van der Waals surface area contributed by atoms with Gasteiger partial charge in [0, 0.05) is 6.61 Å². The molecule has 0 saturated carbocycles. The molecule has 0 aromatic carbocycles. The van der Waals surface area contributed by atoms with Crippen molar-refractivity contribution in [1.29, 1.82) is 0 Å². The van der Waals surface area contributed by atoms with Crippen LogP contribution in [0.1, 0.15) is 52.9 Å². The molecule has 0 aliphatic rings. The van der Waals surface area contributed by atoms with Crippen LogP contribution in [0.4, 0.5) is 0 Å². The quantitative estimate of drug-likeness (QED) is 0.360. The van der Waals surface area contributed by atoms with Gasteiger partial charge in [-0.3, -0.25) is 0 Å². The van der Waals surface area contributed by atoms with E-state index in [1.807, 2.05) is 0 Å². The zero-order valence-corrected chi connectivity index (χ0v) is 12.6. The molecule has 1 nitrogen and oxygen atoms in total. The van der Waals surface area contributed by atoms with E-state index in [9.17, 15) is 0 Å². The molecule has 2 heteroatoms. The fourth-order valence-electron chi connectivity index (χ4n) is 2.11. The van der Waals surface area contributed by atoms with Gasteiger partial charge < -0.3 is 4.43 Å². The van der Waals surface area contributed by atoms with Crippen molar-refractivity contribution in [2.45, 2.75) is 71.0 Å². The van der Waals surface area contributed by atoms with Crippen molar-refractivity contribution in [3.05, 3.63) is 12.7 Å². The summed E-state index contributed by atoms with van der Waals surface area (Å²) in [5.41, 5.74) is 0. The minimum atomic E-state index is -1.48. The van der Waals surface area contributed by atoms with E-state index in [0.29, 0.717) is 0 Å². The second-order valence-electron chi connectivity index (χ2n) is 4.73. The van der Waals surface area contributed by atoms with Crippen molar-refractivity contribution in [3.63, 3.8) is 0 Å². The zero-order chi connectivity index (χ0) is 12.3. The molecule has 0 heterocycles. The Morgan fingerprint density at radius 3 is 1.94 bits per heavy atom. The third-order valence-electron chi connectivity index (χ3n) is 3.10. The Balaban J connectivity index is 4.37. The topological polar surface area (TPSA) is 9.23 Å². The molecule has 96 valence electrons. The molecule has 0 saturated heterocycles. The van der Waals surface area contributed by atoms with E-state index < -0.39 is 8.32 Å². The highest BCUT2D eigenvalue weighted by Crippen LogP contribution is 2.28. The molecule has 0 atom stereocenters. The Labute approximate surface area is 103 Å². The van der Waals surface area contributed by atoms with E-state index in [4.69, 9.17) is 4.43 Å². The summed E-state index contributed by atoms with van der Waals surface area (Å²) >= 11 is 0. The van der Waals surface area contributed by atoms with E-state index in [-0.39, 0.29) is 0 Å². The fraction of sp³-hybridized carbons (Fsp3) is 0.857. The third-order valence-corrected chi connectivity index (χ3v) is 7.48. The summed E-state index contributed by atoms with van der Waals surface area (Å²) in [5, 5.41) is 0. The molecular weight excluding hydrogens is 212 g/mol. The van der Waals surface area contributed by atoms with Gasteiger partial charge in [-0.25, -0.2) is 0 Å². The van der Waals surface area contributed by atoms with Crippen molar-refractivity contribution >= 4 is 8.32 Å². The van der Waals surface area contributed by atoms with E-state index in [0.717, 1.165) is 19.1 Å². The van der Waals surface area contributed by atoms with Crippen LogP contribution in [-0.2, 0) is 4.43 Å². The summed E-state index contributed by atoms with van der Waals surface area (Å²) in [6.07, 6.45) is 8.46. The SMILES string of the molecule is C=CC[Si](CCCC)(CCCC)OCCC. The van der Waals surface area contributed by atoms with Gasteiger partial charge in [-0.2, -0.15) is 0 Å². The summed E-state index contributed by atoms with van der Waals surface area (Å²) in [6, 6.07) is 3.80. The van der Waals surface area contributed by atoms with E-state index in [1.165, 1.54) is 37.8 Å². The monoisotopic (exact) mass is 242 g/mol. The van der Waals surface area contributed by atoms with Gasteiger partial charge in [-0.1, -0.05) is 52.5 Å². The number of unbranched alkanes of at least 4 members (excludes halogenated alkanes) is 2. The number of hydrogen-bond acceptors (Lipinski definition) is 1. The van der Waals surface area contributed by atoms with Crippen LogP contribution < -0.4 is 0 Å². The maximum Gasteiger partial charge on any atom is 0.196 e. The first kappa shape index (κ1) is 15.9. The van der Waals surface area contributed by atoms with Crippen LogP contribution >= 0.6 is 0 Å². The lowest BCUT2D eigenvalue weighted by Crippen LogP contribution is -2.37. The summed E-state index contributed by atoms with van der Waals surface area (Å²) in [7, 11) is -1.48. The van der Waals surface area contributed by atoms with Gasteiger partial charge in [0.2, 0.25) is 0 Å². The minimum Gasteiger partial charge on any atom is -0.417 e. The predicted octanol–water partition coefficient (Wildman–Crippen LogP) is 5.14. The molecule has 0 radical (unpaired) electrons. The minimum absolute atomic E-state index is 0.952. The first-order valence-electron chi connectivity index (χ1n) is 6.99. The van der Waals surface area contributed by atoms with E-state index in [2.05, 4.69) is 33.4 Å². The van der Waals surface area contributed by atoms with Crippen molar-refractivity contribution in [2.24, 2.45) is 0 Å². The standard InChI is InChI=1S/C14H30OSi/c1-5-9-13-16(12-8-4,14-10-6-2)15-11-7-3/h8H,4-7,9-14H2,1-3H3. The molecule has 0 aromatic rings. The molecule has 0 rings (SSSR count). The number of hydrogen-bond donors (Lipinski definition) is 0. The highest BCUT2D eigenvalue weighted by molar-refractivity contribution is 6.74. The first-order chi connectivity index (χ1) is 7.74. The van der Waals surface area contributed by atoms with Gasteiger partial charge >= 0.3 is 0 Å². The molecule has 0 aliphatic heterocycles. The zero-order valence-electron chi connectivity index (χ0n) is 11.6. The lowest BCUT2D eigenvalue weighted by Gasteiger charge is -2.30. The number of allylic oxidation sites excluding steroid dienone is 1. The Bertz CT molecular complexity index is 146. The van der Waals surface area contributed by atoms with Crippen molar-refractivity contribution < 1.29 is 4.43 Å². The summed E-state index contributed by atoms with van der Waals surface area (Å²) in [4.78, 5) is 0. The average molecular weight is 242 g/mol. The lowest BCUT2D eigenvalue weighted by atomic mass is 10.4. The molecule has 16 heavy (non-hydrogen) atoms. The van der Waals surface area contributed by atoms with E-state index in [1.54, 1.807) is 0 Å². The highest BCUT2D eigenvalue weighted by atomic mass is 28.4. The Kier molecular flexibility index (Phi) is 10.0. The van der Waals surface area contributed by atoms with Crippen LogP contribution in [0.3, 0.4) is 0 Å². The van der Waals surface area contributed by atoms with Gasteiger partial charge in [-0.15, -0.1) is 6.58 Å². The second-order valence-corrected chi connectivity index (χ2v) is 8.79. The fourth-order valence-corrected chi connectivity index (χ4v) is 6.34. The van der Waals surface area contributed by atoms with Crippen LogP contribution in [-0.4, -0.2) is 14.9 Å². The molecule has 0 fully saturated rings. The highest BCUT2D eigenvalue weighted by Gasteiger charge is 2.31. The van der Waals surface area contributed by atoms with Crippen LogP contribution in [0.15, 0.2) is 12.7 Å².